The van der Waals surface area contributed by atoms with Crippen LogP contribution in [0.1, 0.15) is 112 Å². The summed E-state index contributed by atoms with van der Waals surface area (Å²) in [4.78, 5) is 47.6. The molecule has 0 aliphatic carbocycles. The second-order valence-corrected chi connectivity index (χ2v) is 11.4. The normalized spacial score (nSPS) is 10.7. The van der Waals surface area contributed by atoms with Crippen molar-refractivity contribution in [2.75, 3.05) is 13.2 Å². The minimum Gasteiger partial charge on any atom is -0.487 e. The minimum atomic E-state index is -0.823. The van der Waals surface area contributed by atoms with Gasteiger partial charge < -0.3 is 18.9 Å². The molecule has 0 saturated heterocycles. The monoisotopic (exact) mass is 664 g/mol. The van der Waals surface area contributed by atoms with Crippen LogP contribution >= 0.6 is 0 Å². The molecule has 0 atom stereocenters. The van der Waals surface area contributed by atoms with Crippen molar-refractivity contribution in [2.24, 2.45) is 0 Å². The first kappa shape index (κ1) is 37.5. The van der Waals surface area contributed by atoms with Crippen molar-refractivity contribution >= 4 is 23.3 Å². The molecule has 3 aromatic carbocycles. The van der Waals surface area contributed by atoms with Gasteiger partial charge in [0, 0.05) is 12.1 Å². The molecule has 0 aromatic heterocycles. The van der Waals surface area contributed by atoms with Crippen molar-refractivity contribution in [1.29, 1.82) is 0 Å². The van der Waals surface area contributed by atoms with Gasteiger partial charge in [-0.2, -0.15) is 0 Å². The van der Waals surface area contributed by atoms with E-state index in [4.69, 9.17) is 18.9 Å². The molecule has 0 saturated carbocycles. The first-order valence-electron chi connectivity index (χ1n) is 16.6. The lowest BCUT2D eigenvalue weighted by Crippen LogP contribution is -2.11. The van der Waals surface area contributed by atoms with Crippen molar-refractivity contribution in [3.05, 3.63) is 92.0 Å². The fourth-order valence-corrected chi connectivity index (χ4v) is 4.85. The van der Waals surface area contributed by atoms with Gasteiger partial charge in [0.1, 0.15) is 11.5 Å². The molecule has 0 N–H and O–H groups in total. The second-order valence-electron chi connectivity index (χ2n) is 11.4. The Morgan fingerprint density at radius 2 is 0.896 bits per heavy atom. The molecule has 0 radical (unpaired) electrons. The molecule has 3 aromatic rings. The third kappa shape index (κ3) is 12.3. The molecule has 3 rings (SSSR count). The Morgan fingerprint density at radius 1 is 0.542 bits per heavy atom. The van der Waals surface area contributed by atoms with Crippen LogP contribution in [-0.2, 0) is 0 Å². The predicted octanol–water partition coefficient (Wildman–Crippen LogP) is 9.42. The zero-order chi connectivity index (χ0) is 34.7. The van der Waals surface area contributed by atoms with Gasteiger partial charge >= 0.3 is 23.3 Å². The van der Waals surface area contributed by atoms with E-state index in [2.05, 4.69) is 13.8 Å². The van der Waals surface area contributed by atoms with E-state index in [0.717, 1.165) is 76.3 Å². The molecule has 0 amide bonds. The third-order valence-electron chi connectivity index (χ3n) is 7.54. The summed E-state index contributed by atoms with van der Waals surface area (Å²) in [7, 11) is 0. The number of hydrogen-bond acceptors (Lipinski definition) is 10. The number of carbonyl (C=O) groups excluding carboxylic acids is 2. The van der Waals surface area contributed by atoms with Crippen molar-refractivity contribution < 1.29 is 38.4 Å². The van der Waals surface area contributed by atoms with Crippen LogP contribution in [0.5, 0.6) is 23.0 Å². The predicted molar refractivity (Wildman–Crippen MR) is 180 cm³/mol. The van der Waals surface area contributed by atoms with E-state index in [0.29, 0.717) is 13.2 Å². The lowest BCUT2D eigenvalue weighted by Gasteiger charge is -2.10. The Hall–Kier alpha value is -5.00. The average Bonchev–Trinajstić information content (AvgIpc) is 3.08. The van der Waals surface area contributed by atoms with E-state index < -0.39 is 21.8 Å². The summed E-state index contributed by atoms with van der Waals surface area (Å²) >= 11 is 0. The number of nitro groups is 2. The highest BCUT2D eigenvalue weighted by molar-refractivity contribution is 5.93. The maximum absolute atomic E-state index is 12.7. The number of hydrogen-bond donors (Lipinski definition) is 0. The zero-order valence-corrected chi connectivity index (χ0v) is 27.6. The van der Waals surface area contributed by atoms with Crippen molar-refractivity contribution in [3.63, 3.8) is 0 Å². The molecule has 258 valence electrons. The highest BCUT2D eigenvalue weighted by Crippen LogP contribution is 2.31. The number of rotatable bonds is 22. The fourth-order valence-electron chi connectivity index (χ4n) is 4.85. The Bertz CT molecular complexity index is 1390. The maximum Gasteiger partial charge on any atom is 0.343 e. The molecule has 0 bridgehead atoms. The molecule has 12 heteroatoms. The summed E-state index contributed by atoms with van der Waals surface area (Å²) in [5, 5.41) is 23.3. The smallest absolute Gasteiger partial charge is 0.343 e. The first-order chi connectivity index (χ1) is 23.2. The maximum atomic E-state index is 12.7. The SMILES string of the molecule is CCCCCCCCOc1ccc(C(=O)Oc2ccc(OC(=O)c3ccc(OCCCCCCCC)c([N+](=O)[O-])c3)cc2)cc1[N+](=O)[O-]. The highest BCUT2D eigenvalue weighted by Gasteiger charge is 2.22. The number of ether oxygens (including phenoxy) is 4. The van der Waals surface area contributed by atoms with E-state index in [-0.39, 0.29) is 45.5 Å². The van der Waals surface area contributed by atoms with E-state index in [1.54, 1.807) is 0 Å². The van der Waals surface area contributed by atoms with Gasteiger partial charge in [0.25, 0.3) is 0 Å². The van der Waals surface area contributed by atoms with Crippen LogP contribution in [0.25, 0.3) is 0 Å². The van der Waals surface area contributed by atoms with Gasteiger partial charge in [0.05, 0.1) is 34.2 Å². The number of nitro benzene ring substituents is 2. The van der Waals surface area contributed by atoms with Crippen LogP contribution in [0.4, 0.5) is 11.4 Å². The van der Waals surface area contributed by atoms with Crippen LogP contribution in [-0.4, -0.2) is 35.0 Å². The lowest BCUT2D eigenvalue weighted by atomic mass is 10.1. The topological polar surface area (TPSA) is 157 Å². The number of benzene rings is 3. The number of carbonyl (C=O) groups is 2. The zero-order valence-electron chi connectivity index (χ0n) is 27.6. The van der Waals surface area contributed by atoms with Gasteiger partial charge in [0.2, 0.25) is 0 Å². The summed E-state index contributed by atoms with van der Waals surface area (Å²) in [6.45, 7) is 4.96. The standard InChI is InChI=1S/C36H44N2O10/c1-3-5-7-9-11-13-23-45-33-21-15-27(25-31(33)37(41)42)35(39)47-29-17-19-30(20-18-29)48-36(40)28-16-22-34(32(26-28)38(43)44)46-24-14-12-10-8-6-4-2/h15-22,25-26H,3-14,23-24H2,1-2H3. The molecular formula is C36H44N2O10. The largest absolute Gasteiger partial charge is 0.487 e. The van der Waals surface area contributed by atoms with Crippen LogP contribution in [0, 0.1) is 20.2 Å². The molecule has 48 heavy (non-hydrogen) atoms. The summed E-state index contributed by atoms with van der Waals surface area (Å²) in [5.74, 6) is -1.27. The molecule has 12 nitrogen and oxygen atoms in total. The van der Waals surface area contributed by atoms with Gasteiger partial charge in [-0.05, 0) is 61.4 Å². The van der Waals surface area contributed by atoms with Crippen LogP contribution in [0.2, 0.25) is 0 Å². The van der Waals surface area contributed by atoms with Crippen molar-refractivity contribution in [1.82, 2.24) is 0 Å². The molecular weight excluding hydrogens is 620 g/mol. The first-order valence-corrected chi connectivity index (χ1v) is 16.6. The number of esters is 2. The van der Waals surface area contributed by atoms with Gasteiger partial charge in [-0.3, -0.25) is 20.2 Å². The Kier molecular flexibility index (Phi) is 15.8. The molecule has 0 heterocycles. The Labute approximate surface area is 280 Å². The highest BCUT2D eigenvalue weighted by atomic mass is 16.6. The summed E-state index contributed by atoms with van der Waals surface area (Å²) < 4.78 is 21.9. The molecule has 0 unspecified atom stereocenters. The number of nitrogens with zero attached hydrogens (tertiary/aromatic N) is 2. The van der Waals surface area contributed by atoms with E-state index in [1.165, 1.54) is 61.4 Å². The van der Waals surface area contributed by atoms with Gasteiger partial charge in [0.15, 0.2) is 11.5 Å². The lowest BCUT2D eigenvalue weighted by molar-refractivity contribution is -0.386. The molecule has 0 fully saturated rings. The minimum absolute atomic E-state index is 0.0369. The van der Waals surface area contributed by atoms with Gasteiger partial charge in [-0.15, -0.1) is 0 Å². The Morgan fingerprint density at radius 3 is 1.25 bits per heavy atom. The molecule has 0 aliphatic rings. The molecule has 0 aliphatic heterocycles. The van der Waals surface area contributed by atoms with Crippen LogP contribution in [0.3, 0.4) is 0 Å². The second kappa shape index (κ2) is 20.3. The van der Waals surface area contributed by atoms with E-state index in [1.807, 2.05) is 0 Å². The summed E-state index contributed by atoms with van der Waals surface area (Å²) in [6.07, 6.45) is 12.6. The van der Waals surface area contributed by atoms with Crippen LogP contribution < -0.4 is 18.9 Å². The van der Waals surface area contributed by atoms with Gasteiger partial charge in [-0.1, -0.05) is 78.1 Å². The van der Waals surface area contributed by atoms with E-state index in [9.17, 15) is 29.8 Å². The third-order valence-corrected chi connectivity index (χ3v) is 7.54. The number of unbranched alkanes of at least 4 members (excludes halogenated alkanes) is 10. The molecule has 0 spiro atoms. The van der Waals surface area contributed by atoms with Crippen molar-refractivity contribution in [3.8, 4) is 23.0 Å². The quantitative estimate of drug-likeness (QED) is 0.0333. The van der Waals surface area contributed by atoms with Crippen LogP contribution in [0.15, 0.2) is 60.7 Å². The average molecular weight is 665 g/mol. The van der Waals surface area contributed by atoms with Crippen molar-refractivity contribution in [2.45, 2.75) is 90.9 Å². The summed E-state index contributed by atoms with van der Waals surface area (Å²) in [5.41, 5.74) is -0.749. The summed E-state index contributed by atoms with van der Waals surface area (Å²) in [6, 6.07) is 13.3. The fraction of sp³-hybridized carbons (Fsp3) is 0.444. The van der Waals surface area contributed by atoms with Gasteiger partial charge in [-0.25, -0.2) is 9.59 Å². The van der Waals surface area contributed by atoms with E-state index >= 15 is 0 Å². The Balaban J connectivity index is 1.54.